The highest BCUT2D eigenvalue weighted by molar-refractivity contribution is 7.10. The number of carbonyl (C=O) groups excluding carboxylic acids is 1. The number of benzene rings is 2. The number of aromatic nitrogens is 2. The van der Waals surface area contributed by atoms with E-state index in [9.17, 15) is 4.79 Å². The number of piperidine rings is 1. The van der Waals surface area contributed by atoms with Crippen LogP contribution in [0.15, 0.2) is 78.2 Å². The smallest absolute Gasteiger partial charge is 0.246 e. The van der Waals surface area contributed by atoms with Crippen LogP contribution < -0.4 is 4.74 Å². The lowest BCUT2D eigenvalue weighted by Gasteiger charge is -2.33. The Kier molecular flexibility index (Phi) is 6.03. The lowest BCUT2D eigenvalue weighted by atomic mass is 10.0. The molecule has 32 heavy (non-hydrogen) atoms. The number of rotatable bonds is 6. The van der Waals surface area contributed by atoms with Crippen LogP contribution in [0.25, 0.3) is 17.1 Å². The number of nitrogens with zero attached hydrogens (tertiary/aromatic N) is 3. The minimum atomic E-state index is 0.0833. The van der Waals surface area contributed by atoms with Crippen molar-refractivity contribution in [2.45, 2.75) is 25.5 Å². The number of hydrogen-bond acceptors (Lipinski definition) is 4. The van der Waals surface area contributed by atoms with E-state index in [2.05, 4.69) is 16.7 Å². The Bertz CT molecular complexity index is 1210. The van der Waals surface area contributed by atoms with Crippen molar-refractivity contribution in [2.75, 3.05) is 13.1 Å². The Labute approximate surface area is 191 Å². The molecule has 4 aromatic rings. The van der Waals surface area contributed by atoms with Crippen molar-refractivity contribution in [1.82, 2.24) is 14.5 Å². The maximum absolute atomic E-state index is 12.6. The number of ether oxygens (including phenoxy) is 1. The number of carbonyl (C=O) groups is 1. The van der Waals surface area contributed by atoms with Crippen LogP contribution in [-0.2, 0) is 11.4 Å². The van der Waals surface area contributed by atoms with Gasteiger partial charge < -0.3 is 14.2 Å². The first-order chi connectivity index (χ1) is 15.8. The monoisotopic (exact) mass is 443 g/mol. The van der Waals surface area contributed by atoms with Gasteiger partial charge in [0.1, 0.15) is 18.2 Å². The average Bonchev–Trinajstić information content (AvgIpc) is 3.49. The van der Waals surface area contributed by atoms with Crippen LogP contribution in [0.3, 0.4) is 0 Å². The summed E-state index contributed by atoms with van der Waals surface area (Å²) in [4.78, 5) is 20.5. The van der Waals surface area contributed by atoms with E-state index in [1.54, 1.807) is 17.4 Å². The van der Waals surface area contributed by atoms with Crippen LogP contribution in [-0.4, -0.2) is 33.4 Å². The zero-order chi connectivity index (χ0) is 21.8. The molecular weight excluding hydrogens is 418 g/mol. The molecule has 2 aromatic carbocycles. The third kappa shape index (κ3) is 4.46. The quantitative estimate of drug-likeness (QED) is 0.367. The van der Waals surface area contributed by atoms with E-state index in [4.69, 9.17) is 9.72 Å². The zero-order valence-corrected chi connectivity index (χ0v) is 18.6. The second-order valence-electron chi connectivity index (χ2n) is 7.89. The first kappa shape index (κ1) is 20.5. The SMILES string of the molecule is O=C(/C=C/c1cccs1)N1CCC(n2c(COc3ccccc3)nc3ccccc32)CC1. The van der Waals surface area contributed by atoms with E-state index in [-0.39, 0.29) is 5.91 Å². The highest BCUT2D eigenvalue weighted by Gasteiger charge is 2.26. The van der Waals surface area contributed by atoms with Gasteiger partial charge in [0.15, 0.2) is 0 Å². The molecule has 3 heterocycles. The number of amides is 1. The van der Waals surface area contributed by atoms with Crippen LogP contribution in [0.5, 0.6) is 5.75 Å². The van der Waals surface area contributed by atoms with E-state index in [0.29, 0.717) is 12.6 Å². The molecule has 5 nitrogen and oxygen atoms in total. The predicted octanol–water partition coefficient (Wildman–Crippen LogP) is 5.55. The minimum Gasteiger partial charge on any atom is -0.486 e. The Balaban J connectivity index is 1.30. The largest absolute Gasteiger partial charge is 0.486 e. The topological polar surface area (TPSA) is 47.4 Å². The van der Waals surface area contributed by atoms with Crippen molar-refractivity contribution >= 4 is 34.4 Å². The van der Waals surface area contributed by atoms with Gasteiger partial charge in [-0.2, -0.15) is 0 Å². The number of fused-ring (bicyclic) bond motifs is 1. The number of imidazole rings is 1. The summed E-state index contributed by atoms with van der Waals surface area (Å²) in [5.41, 5.74) is 2.11. The molecule has 5 rings (SSSR count). The predicted molar refractivity (Wildman–Crippen MR) is 129 cm³/mol. The zero-order valence-electron chi connectivity index (χ0n) is 17.8. The minimum absolute atomic E-state index is 0.0833. The number of thiophene rings is 1. The molecule has 1 aliphatic heterocycles. The standard InChI is InChI=1S/C26H25N3O2S/c30-26(13-12-22-9-6-18-32-22)28-16-14-20(15-17-28)29-24-11-5-4-10-23(24)27-25(29)19-31-21-7-2-1-3-8-21/h1-13,18,20H,14-17,19H2/b13-12+. The van der Waals surface area contributed by atoms with E-state index < -0.39 is 0 Å². The van der Waals surface area contributed by atoms with Crippen molar-refractivity contribution in [2.24, 2.45) is 0 Å². The maximum atomic E-state index is 12.6. The second-order valence-corrected chi connectivity index (χ2v) is 8.87. The summed E-state index contributed by atoms with van der Waals surface area (Å²) in [6, 6.07) is 22.4. The molecule has 0 radical (unpaired) electrons. The number of para-hydroxylation sites is 3. The van der Waals surface area contributed by atoms with E-state index in [1.165, 1.54) is 0 Å². The van der Waals surface area contributed by atoms with Gasteiger partial charge in [-0.15, -0.1) is 11.3 Å². The summed E-state index contributed by atoms with van der Waals surface area (Å²) in [5.74, 6) is 1.85. The normalized spacial score (nSPS) is 14.9. The molecule has 1 aliphatic rings. The highest BCUT2D eigenvalue weighted by Crippen LogP contribution is 2.29. The summed E-state index contributed by atoms with van der Waals surface area (Å²) >= 11 is 1.64. The van der Waals surface area contributed by atoms with Crippen LogP contribution >= 0.6 is 11.3 Å². The van der Waals surface area contributed by atoms with Crippen LogP contribution in [0.2, 0.25) is 0 Å². The van der Waals surface area contributed by atoms with E-state index >= 15 is 0 Å². The second kappa shape index (κ2) is 9.40. The third-order valence-electron chi connectivity index (χ3n) is 5.85. The summed E-state index contributed by atoms with van der Waals surface area (Å²) in [7, 11) is 0. The molecule has 0 aliphatic carbocycles. The van der Waals surface area contributed by atoms with Gasteiger partial charge in [-0.3, -0.25) is 4.79 Å². The molecule has 0 saturated carbocycles. The Morgan fingerprint density at radius 3 is 2.59 bits per heavy atom. The first-order valence-electron chi connectivity index (χ1n) is 10.9. The van der Waals surface area contributed by atoms with Gasteiger partial charge in [-0.1, -0.05) is 36.4 Å². The third-order valence-corrected chi connectivity index (χ3v) is 6.69. The molecule has 1 fully saturated rings. The van der Waals surface area contributed by atoms with Crippen LogP contribution in [0, 0.1) is 0 Å². The summed E-state index contributed by atoms with van der Waals surface area (Å²) in [5, 5.41) is 2.02. The fourth-order valence-corrected chi connectivity index (χ4v) is 4.88. The molecule has 1 amide bonds. The summed E-state index contributed by atoms with van der Waals surface area (Å²) in [6.07, 6.45) is 5.40. The molecule has 0 bridgehead atoms. The summed E-state index contributed by atoms with van der Waals surface area (Å²) in [6.45, 7) is 1.90. The average molecular weight is 444 g/mol. The van der Waals surface area contributed by atoms with Gasteiger partial charge in [0.25, 0.3) is 0 Å². The lowest BCUT2D eigenvalue weighted by Crippen LogP contribution is -2.38. The van der Waals surface area contributed by atoms with Crippen LogP contribution in [0.4, 0.5) is 0 Å². The lowest BCUT2D eigenvalue weighted by molar-refractivity contribution is -0.127. The van der Waals surface area contributed by atoms with Gasteiger partial charge in [0.2, 0.25) is 5.91 Å². The van der Waals surface area contributed by atoms with Crippen molar-refractivity contribution in [3.05, 3.63) is 88.9 Å². The molecule has 2 aromatic heterocycles. The van der Waals surface area contributed by atoms with Gasteiger partial charge in [-0.25, -0.2) is 4.98 Å². The van der Waals surface area contributed by atoms with Crippen molar-refractivity contribution < 1.29 is 9.53 Å². The fourth-order valence-electron chi connectivity index (χ4n) is 4.26. The molecule has 0 unspecified atom stereocenters. The molecule has 1 saturated heterocycles. The maximum Gasteiger partial charge on any atom is 0.246 e. The molecule has 0 spiro atoms. The molecule has 6 heteroatoms. The Morgan fingerprint density at radius 2 is 1.81 bits per heavy atom. The van der Waals surface area contributed by atoms with Gasteiger partial charge >= 0.3 is 0 Å². The Morgan fingerprint density at radius 1 is 1.03 bits per heavy atom. The van der Waals surface area contributed by atoms with Crippen molar-refractivity contribution in [1.29, 1.82) is 0 Å². The van der Waals surface area contributed by atoms with Gasteiger partial charge in [0.05, 0.1) is 11.0 Å². The number of likely N-dealkylation sites (tertiary alicyclic amines) is 1. The molecule has 162 valence electrons. The van der Waals surface area contributed by atoms with Gasteiger partial charge in [-0.05, 0) is 54.6 Å². The molecule has 0 N–H and O–H groups in total. The molecule has 0 atom stereocenters. The fraction of sp³-hybridized carbons (Fsp3) is 0.231. The highest BCUT2D eigenvalue weighted by atomic mass is 32.1. The van der Waals surface area contributed by atoms with Gasteiger partial charge in [0, 0.05) is 30.1 Å². The van der Waals surface area contributed by atoms with E-state index in [0.717, 1.165) is 53.4 Å². The van der Waals surface area contributed by atoms with Crippen molar-refractivity contribution in [3.63, 3.8) is 0 Å². The van der Waals surface area contributed by atoms with Crippen LogP contribution in [0.1, 0.15) is 29.6 Å². The first-order valence-corrected chi connectivity index (χ1v) is 11.8. The van der Waals surface area contributed by atoms with Crippen molar-refractivity contribution in [3.8, 4) is 5.75 Å². The number of hydrogen-bond donors (Lipinski definition) is 0. The van der Waals surface area contributed by atoms with E-state index in [1.807, 2.05) is 71.0 Å². The summed E-state index contributed by atoms with van der Waals surface area (Å²) < 4.78 is 8.34. The Hall–Kier alpha value is -3.38. The molecular formula is C26H25N3O2S.